The van der Waals surface area contributed by atoms with Crippen molar-refractivity contribution in [2.24, 2.45) is 0 Å². The van der Waals surface area contributed by atoms with Gasteiger partial charge in [0.05, 0.1) is 5.69 Å². The molecule has 1 aromatic rings. The summed E-state index contributed by atoms with van der Waals surface area (Å²) in [6.07, 6.45) is 4.47. The summed E-state index contributed by atoms with van der Waals surface area (Å²) in [5.74, 6) is 1.77. The van der Waals surface area contributed by atoms with Crippen LogP contribution in [-0.2, 0) is 4.79 Å². The average molecular weight is 344 g/mol. The van der Waals surface area contributed by atoms with Crippen molar-refractivity contribution in [1.82, 2.24) is 0 Å². The zero-order chi connectivity index (χ0) is 13.7. The fourth-order valence-corrected chi connectivity index (χ4v) is 2.73. The maximum atomic E-state index is 12.0. The molecule has 5 heteroatoms. The van der Waals surface area contributed by atoms with Crippen molar-refractivity contribution in [1.29, 1.82) is 0 Å². The Hall–Kier alpha value is -0.680. The summed E-state index contributed by atoms with van der Waals surface area (Å²) in [4.78, 5) is 13.8. The Bertz CT molecular complexity index is 453. The number of rotatable bonds is 6. The molecule has 19 heavy (non-hydrogen) atoms. The highest BCUT2D eigenvalue weighted by Crippen LogP contribution is 2.34. The highest BCUT2D eigenvalue weighted by molar-refractivity contribution is 9.10. The quantitative estimate of drug-likeness (QED) is 0.630. The van der Waals surface area contributed by atoms with Crippen molar-refractivity contribution in [2.45, 2.75) is 25.7 Å². The van der Waals surface area contributed by atoms with Crippen LogP contribution in [0, 0.1) is 0 Å². The number of carbonyl (C=O) groups is 1. The van der Waals surface area contributed by atoms with Crippen molar-refractivity contribution in [3.8, 4) is 5.75 Å². The molecule has 2 rings (SSSR count). The van der Waals surface area contributed by atoms with Crippen LogP contribution >= 0.6 is 28.6 Å². The maximum absolute atomic E-state index is 12.0. The summed E-state index contributed by atoms with van der Waals surface area (Å²) >= 11 is 7.64. The van der Waals surface area contributed by atoms with Gasteiger partial charge in [-0.2, -0.15) is 12.6 Å². The first-order chi connectivity index (χ1) is 9.22. The van der Waals surface area contributed by atoms with Gasteiger partial charge in [-0.1, -0.05) is 28.8 Å². The number of hydrogen-bond acceptors (Lipinski definition) is 3. The molecule has 0 radical (unpaired) electrons. The number of amides is 1. The minimum atomic E-state index is 0.0415. The van der Waals surface area contributed by atoms with Gasteiger partial charge in [0.2, 0.25) is 0 Å². The van der Waals surface area contributed by atoms with Crippen LogP contribution in [0.1, 0.15) is 25.7 Å². The Labute approximate surface area is 127 Å². The van der Waals surface area contributed by atoms with E-state index in [9.17, 15) is 4.79 Å². The normalized spacial score (nSPS) is 14.2. The zero-order valence-electron chi connectivity index (χ0n) is 10.8. The SMILES string of the molecule is O=C1COc2ccc(Br)cc2N1CCCCCCS. The number of fused-ring (bicyclic) bond motifs is 1. The highest BCUT2D eigenvalue weighted by atomic mass is 79.9. The molecule has 0 aromatic heterocycles. The van der Waals surface area contributed by atoms with E-state index in [1.54, 1.807) is 0 Å². The average Bonchev–Trinajstić information content (AvgIpc) is 2.40. The first-order valence-electron chi connectivity index (χ1n) is 6.56. The lowest BCUT2D eigenvalue weighted by Gasteiger charge is -2.29. The summed E-state index contributed by atoms with van der Waals surface area (Å²) in [7, 11) is 0. The summed E-state index contributed by atoms with van der Waals surface area (Å²) in [6, 6.07) is 5.78. The Kier molecular flexibility index (Phi) is 5.58. The second-order valence-corrected chi connectivity index (χ2v) is 5.95. The predicted molar refractivity (Wildman–Crippen MR) is 84.3 cm³/mol. The Morgan fingerprint density at radius 1 is 1.26 bits per heavy atom. The number of ether oxygens (including phenoxy) is 1. The van der Waals surface area contributed by atoms with E-state index in [0.29, 0.717) is 0 Å². The number of halogens is 1. The molecular weight excluding hydrogens is 326 g/mol. The number of anilines is 1. The van der Waals surface area contributed by atoms with E-state index in [1.165, 1.54) is 6.42 Å². The third-order valence-corrected chi connectivity index (χ3v) is 3.96. The Morgan fingerprint density at radius 2 is 2.05 bits per heavy atom. The molecule has 104 valence electrons. The lowest BCUT2D eigenvalue weighted by atomic mass is 10.1. The number of unbranched alkanes of at least 4 members (excludes halogenated alkanes) is 3. The van der Waals surface area contributed by atoms with Gasteiger partial charge in [-0.3, -0.25) is 4.79 Å². The van der Waals surface area contributed by atoms with Crippen LogP contribution in [0.2, 0.25) is 0 Å². The molecule has 0 saturated carbocycles. The molecule has 0 saturated heterocycles. The van der Waals surface area contributed by atoms with Gasteiger partial charge in [0.1, 0.15) is 5.75 Å². The van der Waals surface area contributed by atoms with E-state index in [-0.39, 0.29) is 12.5 Å². The molecule has 1 aliphatic rings. The van der Waals surface area contributed by atoms with Gasteiger partial charge in [0, 0.05) is 11.0 Å². The first-order valence-corrected chi connectivity index (χ1v) is 7.98. The molecule has 3 nitrogen and oxygen atoms in total. The van der Waals surface area contributed by atoms with Crippen LogP contribution in [-0.4, -0.2) is 24.8 Å². The summed E-state index contributed by atoms with van der Waals surface area (Å²) < 4.78 is 6.41. The lowest BCUT2D eigenvalue weighted by Crippen LogP contribution is -2.39. The van der Waals surface area contributed by atoms with Crippen LogP contribution in [0.25, 0.3) is 0 Å². The summed E-state index contributed by atoms with van der Waals surface area (Å²) in [5.41, 5.74) is 0.875. The van der Waals surface area contributed by atoms with Crippen molar-refractivity contribution in [2.75, 3.05) is 23.8 Å². The smallest absolute Gasteiger partial charge is 0.265 e. The number of thiol groups is 1. The second kappa shape index (κ2) is 7.20. The van der Waals surface area contributed by atoms with Crippen molar-refractivity contribution in [3.05, 3.63) is 22.7 Å². The van der Waals surface area contributed by atoms with Gasteiger partial charge in [-0.15, -0.1) is 0 Å². The van der Waals surface area contributed by atoms with E-state index >= 15 is 0 Å². The molecule has 1 amide bonds. The molecule has 0 unspecified atom stereocenters. The van der Waals surface area contributed by atoms with E-state index in [0.717, 1.165) is 47.5 Å². The molecule has 0 N–H and O–H groups in total. The van der Waals surface area contributed by atoms with Crippen LogP contribution in [0.15, 0.2) is 22.7 Å². The third kappa shape index (κ3) is 3.89. The van der Waals surface area contributed by atoms with Crippen molar-refractivity contribution in [3.63, 3.8) is 0 Å². The van der Waals surface area contributed by atoms with Crippen LogP contribution in [0.4, 0.5) is 5.69 Å². The largest absolute Gasteiger partial charge is 0.482 e. The number of hydrogen-bond donors (Lipinski definition) is 1. The molecule has 1 aromatic carbocycles. The van der Waals surface area contributed by atoms with Gasteiger partial charge in [0.25, 0.3) is 5.91 Å². The lowest BCUT2D eigenvalue weighted by molar-refractivity contribution is -0.121. The van der Waals surface area contributed by atoms with Gasteiger partial charge < -0.3 is 9.64 Å². The van der Waals surface area contributed by atoms with Gasteiger partial charge in [0.15, 0.2) is 6.61 Å². The van der Waals surface area contributed by atoms with Gasteiger partial charge in [-0.25, -0.2) is 0 Å². The summed E-state index contributed by atoms with van der Waals surface area (Å²) in [6.45, 7) is 0.906. The minimum Gasteiger partial charge on any atom is -0.482 e. The van der Waals surface area contributed by atoms with Crippen LogP contribution in [0.3, 0.4) is 0 Å². The third-order valence-electron chi connectivity index (χ3n) is 3.15. The molecule has 0 spiro atoms. The van der Waals surface area contributed by atoms with Gasteiger partial charge >= 0.3 is 0 Å². The first kappa shape index (κ1) is 14.7. The standard InChI is InChI=1S/C14H18BrNO2S/c15-11-5-6-13-12(9-11)16(14(17)10-18-13)7-3-1-2-4-8-19/h5-6,9,19H,1-4,7-8,10H2. The van der Waals surface area contributed by atoms with E-state index in [4.69, 9.17) is 4.74 Å². The molecule has 1 heterocycles. The van der Waals surface area contributed by atoms with Crippen molar-refractivity contribution < 1.29 is 9.53 Å². The van der Waals surface area contributed by atoms with Crippen LogP contribution < -0.4 is 9.64 Å². The fraction of sp³-hybridized carbons (Fsp3) is 0.500. The number of nitrogens with zero attached hydrogens (tertiary/aromatic N) is 1. The fourth-order valence-electron chi connectivity index (χ4n) is 2.16. The molecular formula is C14H18BrNO2S. The maximum Gasteiger partial charge on any atom is 0.265 e. The van der Waals surface area contributed by atoms with E-state index in [1.807, 2.05) is 23.1 Å². The number of benzene rings is 1. The molecule has 0 atom stereocenters. The Balaban J connectivity index is 1.99. The van der Waals surface area contributed by atoms with E-state index in [2.05, 4.69) is 28.6 Å². The molecule has 0 bridgehead atoms. The zero-order valence-corrected chi connectivity index (χ0v) is 13.3. The number of carbonyl (C=O) groups excluding carboxylic acids is 1. The highest BCUT2D eigenvalue weighted by Gasteiger charge is 2.24. The van der Waals surface area contributed by atoms with Crippen LogP contribution in [0.5, 0.6) is 5.75 Å². The Morgan fingerprint density at radius 3 is 2.84 bits per heavy atom. The summed E-state index contributed by atoms with van der Waals surface area (Å²) in [5, 5.41) is 0. The topological polar surface area (TPSA) is 29.5 Å². The van der Waals surface area contributed by atoms with Gasteiger partial charge in [-0.05, 0) is 36.8 Å². The molecule has 1 aliphatic heterocycles. The molecule has 0 fully saturated rings. The monoisotopic (exact) mass is 343 g/mol. The van der Waals surface area contributed by atoms with E-state index < -0.39 is 0 Å². The minimum absolute atomic E-state index is 0.0415. The predicted octanol–water partition coefficient (Wildman–Crippen LogP) is 3.66. The molecule has 0 aliphatic carbocycles. The second-order valence-electron chi connectivity index (χ2n) is 4.58. The van der Waals surface area contributed by atoms with Crippen molar-refractivity contribution >= 4 is 40.2 Å².